The number of carbonyl (C=O) groups excluding carboxylic acids is 1. The Kier molecular flexibility index (Phi) is 3.93. The van der Waals surface area contributed by atoms with E-state index in [-0.39, 0.29) is 11.4 Å². The molecular formula is C16H20N2O2. The summed E-state index contributed by atoms with van der Waals surface area (Å²) in [6.45, 7) is 7.55. The van der Waals surface area contributed by atoms with E-state index in [0.717, 1.165) is 10.9 Å². The minimum absolute atomic E-state index is 0.134. The van der Waals surface area contributed by atoms with E-state index in [9.17, 15) is 4.79 Å². The Morgan fingerprint density at radius 3 is 2.70 bits per heavy atom. The lowest BCUT2D eigenvalue weighted by molar-refractivity contribution is -0.128. The van der Waals surface area contributed by atoms with Gasteiger partial charge in [0.05, 0.1) is 11.7 Å². The van der Waals surface area contributed by atoms with Crippen LogP contribution < -0.4 is 10.1 Å². The highest BCUT2D eigenvalue weighted by atomic mass is 16.5. The monoisotopic (exact) mass is 272 g/mol. The number of nitrogens with zero attached hydrogens (tertiary/aromatic N) is 1. The largest absolute Gasteiger partial charge is 0.479 e. The smallest absolute Gasteiger partial charge is 0.261 e. The van der Waals surface area contributed by atoms with Crippen molar-refractivity contribution in [3.63, 3.8) is 0 Å². The quantitative estimate of drug-likeness (QED) is 0.934. The molecule has 1 atom stereocenters. The first-order valence-electron chi connectivity index (χ1n) is 6.69. The molecule has 1 unspecified atom stereocenters. The van der Waals surface area contributed by atoms with Gasteiger partial charge in [-0.15, -0.1) is 0 Å². The highest BCUT2D eigenvalue weighted by molar-refractivity contribution is 5.82. The second-order valence-electron chi connectivity index (χ2n) is 5.86. The molecular weight excluding hydrogens is 252 g/mol. The minimum Gasteiger partial charge on any atom is -0.479 e. The van der Waals surface area contributed by atoms with Crippen molar-refractivity contribution in [1.82, 2.24) is 10.3 Å². The van der Waals surface area contributed by atoms with Gasteiger partial charge >= 0.3 is 0 Å². The summed E-state index contributed by atoms with van der Waals surface area (Å²) in [4.78, 5) is 16.3. The molecule has 1 N–H and O–H groups in total. The van der Waals surface area contributed by atoms with E-state index in [1.54, 1.807) is 13.1 Å². The molecule has 2 aromatic rings. The number of benzene rings is 1. The molecule has 106 valence electrons. The summed E-state index contributed by atoms with van der Waals surface area (Å²) < 4.78 is 5.66. The van der Waals surface area contributed by atoms with Gasteiger partial charge < -0.3 is 10.1 Å². The van der Waals surface area contributed by atoms with E-state index < -0.39 is 6.10 Å². The summed E-state index contributed by atoms with van der Waals surface area (Å²) in [5, 5.41) is 3.89. The maximum Gasteiger partial charge on any atom is 0.261 e. The average Bonchev–Trinajstić information content (AvgIpc) is 2.36. The topological polar surface area (TPSA) is 51.2 Å². The molecule has 4 nitrogen and oxygen atoms in total. The van der Waals surface area contributed by atoms with Crippen molar-refractivity contribution in [3.8, 4) is 5.75 Å². The lowest BCUT2D eigenvalue weighted by atomic mass is 10.1. The molecule has 0 spiro atoms. The van der Waals surface area contributed by atoms with Gasteiger partial charge in [0.15, 0.2) is 6.10 Å². The second-order valence-corrected chi connectivity index (χ2v) is 5.86. The zero-order chi connectivity index (χ0) is 14.8. The van der Waals surface area contributed by atoms with Crippen molar-refractivity contribution in [3.05, 3.63) is 36.5 Å². The summed E-state index contributed by atoms with van der Waals surface area (Å²) in [5.41, 5.74) is 0.641. The number of carbonyl (C=O) groups is 1. The van der Waals surface area contributed by atoms with Crippen molar-refractivity contribution < 1.29 is 9.53 Å². The van der Waals surface area contributed by atoms with E-state index >= 15 is 0 Å². The fourth-order valence-corrected chi connectivity index (χ4v) is 1.84. The highest BCUT2D eigenvalue weighted by Crippen LogP contribution is 2.19. The molecule has 0 radical (unpaired) electrons. The minimum atomic E-state index is -0.558. The van der Waals surface area contributed by atoms with E-state index in [0.29, 0.717) is 5.75 Å². The third-order valence-corrected chi connectivity index (χ3v) is 2.75. The number of fused-ring (bicyclic) bond motifs is 1. The van der Waals surface area contributed by atoms with Crippen LogP contribution >= 0.6 is 0 Å². The lowest BCUT2D eigenvalue weighted by Gasteiger charge is -2.23. The van der Waals surface area contributed by atoms with E-state index in [2.05, 4.69) is 10.3 Å². The number of hydrogen-bond donors (Lipinski definition) is 1. The van der Waals surface area contributed by atoms with Crippen molar-refractivity contribution in [2.45, 2.75) is 39.3 Å². The first-order chi connectivity index (χ1) is 9.35. The second kappa shape index (κ2) is 5.49. The fourth-order valence-electron chi connectivity index (χ4n) is 1.84. The van der Waals surface area contributed by atoms with Crippen LogP contribution in [0, 0.1) is 0 Å². The Labute approximate surface area is 119 Å². The van der Waals surface area contributed by atoms with Crippen molar-refractivity contribution in [1.29, 1.82) is 0 Å². The normalized spacial score (nSPS) is 13.0. The number of ether oxygens (including phenoxy) is 1. The molecule has 1 amide bonds. The molecule has 1 aromatic carbocycles. The van der Waals surface area contributed by atoms with Gasteiger partial charge in [-0.25, -0.2) is 0 Å². The Bertz CT molecular complexity index is 617. The van der Waals surface area contributed by atoms with Gasteiger partial charge in [0, 0.05) is 10.9 Å². The summed E-state index contributed by atoms with van der Waals surface area (Å²) in [5.74, 6) is 0.464. The molecule has 4 heteroatoms. The van der Waals surface area contributed by atoms with Crippen LogP contribution in [0.5, 0.6) is 5.75 Å². The van der Waals surface area contributed by atoms with Crippen LogP contribution in [0.25, 0.3) is 10.9 Å². The first-order valence-corrected chi connectivity index (χ1v) is 6.69. The van der Waals surface area contributed by atoms with E-state index in [1.165, 1.54) is 0 Å². The maximum absolute atomic E-state index is 12.0. The van der Waals surface area contributed by atoms with Gasteiger partial charge in [0.25, 0.3) is 5.91 Å². The van der Waals surface area contributed by atoms with Crippen LogP contribution in [0.2, 0.25) is 0 Å². The van der Waals surface area contributed by atoms with Gasteiger partial charge in [-0.2, -0.15) is 0 Å². The Morgan fingerprint density at radius 1 is 1.30 bits per heavy atom. The van der Waals surface area contributed by atoms with Crippen molar-refractivity contribution in [2.75, 3.05) is 0 Å². The molecule has 0 aliphatic rings. The molecule has 20 heavy (non-hydrogen) atoms. The predicted octanol–water partition coefficient (Wildman–Crippen LogP) is 2.92. The summed E-state index contributed by atoms with van der Waals surface area (Å²) in [7, 11) is 0. The van der Waals surface area contributed by atoms with Crippen LogP contribution in [-0.2, 0) is 4.79 Å². The van der Waals surface area contributed by atoms with Gasteiger partial charge in [-0.3, -0.25) is 9.78 Å². The van der Waals surface area contributed by atoms with Crippen molar-refractivity contribution in [2.24, 2.45) is 0 Å². The molecule has 0 bridgehead atoms. The van der Waals surface area contributed by atoms with Crippen LogP contribution in [0.4, 0.5) is 0 Å². The zero-order valence-corrected chi connectivity index (χ0v) is 12.3. The third kappa shape index (κ3) is 3.70. The molecule has 1 heterocycles. The van der Waals surface area contributed by atoms with Gasteiger partial charge in [0.1, 0.15) is 5.75 Å². The SMILES string of the molecule is CC(Oc1cnc2ccccc2c1)C(=O)NC(C)(C)C. The van der Waals surface area contributed by atoms with E-state index in [4.69, 9.17) is 4.74 Å². The van der Waals surface area contributed by atoms with Crippen LogP contribution in [-0.4, -0.2) is 22.5 Å². The van der Waals surface area contributed by atoms with E-state index in [1.807, 2.05) is 51.1 Å². The number of rotatable bonds is 3. The number of aromatic nitrogens is 1. The number of pyridine rings is 1. The van der Waals surface area contributed by atoms with Crippen molar-refractivity contribution >= 4 is 16.8 Å². The zero-order valence-electron chi connectivity index (χ0n) is 12.3. The molecule has 0 saturated carbocycles. The first kappa shape index (κ1) is 14.3. The van der Waals surface area contributed by atoms with Gasteiger partial charge in [-0.05, 0) is 39.8 Å². The fraction of sp³-hybridized carbons (Fsp3) is 0.375. The van der Waals surface area contributed by atoms with Crippen LogP contribution in [0.3, 0.4) is 0 Å². The molecule has 2 rings (SSSR count). The number of amides is 1. The Balaban J connectivity index is 2.09. The van der Waals surface area contributed by atoms with Crippen LogP contribution in [0.15, 0.2) is 36.5 Å². The summed E-state index contributed by atoms with van der Waals surface area (Å²) >= 11 is 0. The summed E-state index contributed by atoms with van der Waals surface area (Å²) in [6.07, 6.45) is 1.08. The predicted molar refractivity (Wildman–Crippen MR) is 79.7 cm³/mol. The van der Waals surface area contributed by atoms with Gasteiger partial charge in [-0.1, -0.05) is 18.2 Å². The number of nitrogens with one attached hydrogen (secondary N) is 1. The summed E-state index contributed by atoms with van der Waals surface area (Å²) in [6, 6.07) is 9.69. The lowest BCUT2D eigenvalue weighted by Crippen LogP contribution is -2.46. The number of hydrogen-bond acceptors (Lipinski definition) is 3. The van der Waals surface area contributed by atoms with Crippen LogP contribution in [0.1, 0.15) is 27.7 Å². The molecule has 1 aromatic heterocycles. The Morgan fingerprint density at radius 2 is 2.00 bits per heavy atom. The molecule has 0 aliphatic heterocycles. The Hall–Kier alpha value is -2.10. The van der Waals surface area contributed by atoms with Gasteiger partial charge in [0.2, 0.25) is 0 Å². The molecule has 0 saturated heterocycles. The third-order valence-electron chi connectivity index (χ3n) is 2.75. The molecule has 0 fully saturated rings. The maximum atomic E-state index is 12.0. The standard InChI is InChI=1S/C16H20N2O2/c1-11(15(19)18-16(2,3)4)20-13-9-12-7-5-6-8-14(12)17-10-13/h5-11H,1-4H3,(H,18,19). The molecule has 0 aliphatic carbocycles. The average molecular weight is 272 g/mol. The highest BCUT2D eigenvalue weighted by Gasteiger charge is 2.20. The number of para-hydroxylation sites is 1.